The van der Waals surface area contributed by atoms with Crippen LogP contribution in [0.15, 0.2) is 12.7 Å². The van der Waals surface area contributed by atoms with Crippen LogP contribution in [0.1, 0.15) is 32.6 Å². The Balaban J connectivity index is 2.95. The molecule has 1 atom stereocenters. The zero-order valence-corrected chi connectivity index (χ0v) is 8.05. The largest absolute Gasteiger partial charge is 0.395 e. The van der Waals surface area contributed by atoms with Crippen molar-refractivity contribution >= 4 is 0 Å². The van der Waals surface area contributed by atoms with Crippen LogP contribution < -0.4 is 5.32 Å². The summed E-state index contributed by atoms with van der Waals surface area (Å²) in [4.78, 5) is 0. The molecule has 2 heteroatoms. The third kappa shape index (κ3) is 7.76. The molecule has 0 aromatic heterocycles. The van der Waals surface area contributed by atoms with E-state index in [1.807, 2.05) is 13.0 Å². The Hall–Kier alpha value is -0.340. The molecule has 0 rings (SSSR count). The van der Waals surface area contributed by atoms with E-state index >= 15 is 0 Å². The first kappa shape index (κ1) is 11.7. The van der Waals surface area contributed by atoms with Crippen molar-refractivity contribution in [1.29, 1.82) is 0 Å². The fourth-order valence-electron chi connectivity index (χ4n) is 1.00. The Bertz CT molecular complexity index is 104. The molecule has 2 N–H and O–H groups in total. The second kappa shape index (κ2) is 8.75. The molecule has 0 amide bonds. The lowest BCUT2D eigenvalue weighted by Gasteiger charge is -2.09. The van der Waals surface area contributed by atoms with Crippen molar-refractivity contribution in [2.45, 2.75) is 38.6 Å². The smallest absolute Gasteiger partial charge is 0.0581 e. The number of unbranched alkanes of at least 4 members (excludes halogenated alkanes) is 3. The number of rotatable bonds is 8. The second-order valence-corrected chi connectivity index (χ2v) is 3.18. The Morgan fingerprint density at radius 2 is 2.17 bits per heavy atom. The van der Waals surface area contributed by atoms with Crippen LogP contribution in [0, 0.1) is 0 Å². The first-order valence-corrected chi connectivity index (χ1v) is 4.76. The first-order chi connectivity index (χ1) is 5.81. The van der Waals surface area contributed by atoms with E-state index in [2.05, 4.69) is 11.9 Å². The van der Waals surface area contributed by atoms with E-state index in [-0.39, 0.29) is 12.6 Å². The average Bonchev–Trinajstić information content (AvgIpc) is 2.10. The summed E-state index contributed by atoms with van der Waals surface area (Å²) in [6.07, 6.45) is 6.76. The number of aliphatic hydroxyl groups excluding tert-OH is 1. The van der Waals surface area contributed by atoms with Crippen LogP contribution in [-0.2, 0) is 0 Å². The second-order valence-electron chi connectivity index (χ2n) is 3.18. The SMILES string of the molecule is C=CCCCCCNC(C)CO. The van der Waals surface area contributed by atoms with Crippen molar-refractivity contribution in [2.24, 2.45) is 0 Å². The summed E-state index contributed by atoms with van der Waals surface area (Å²) in [6, 6.07) is 0.240. The minimum absolute atomic E-state index is 0.229. The van der Waals surface area contributed by atoms with Gasteiger partial charge in [-0.05, 0) is 32.7 Å². The van der Waals surface area contributed by atoms with Gasteiger partial charge in [-0.25, -0.2) is 0 Å². The molecule has 0 fully saturated rings. The summed E-state index contributed by atoms with van der Waals surface area (Å²) in [5.74, 6) is 0. The van der Waals surface area contributed by atoms with Gasteiger partial charge in [0.1, 0.15) is 0 Å². The molecule has 0 saturated carbocycles. The molecule has 0 heterocycles. The molecule has 0 aromatic rings. The topological polar surface area (TPSA) is 32.3 Å². The summed E-state index contributed by atoms with van der Waals surface area (Å²) in [5, 5.41) is 11.9. The number of nitrogens with one attached hydrogen (secondary N) is 1. The van der Waals surface area contributed by atoms with E-state index in [1.54, 1.807) is 0 Å². The Labute approximate surface area is 75.7 Å². The maximum Gasteiger partial charge on any atom is 0.0581 e. The molecular formula is C10H21NO. The van der Waals surface area contributed by atoms with Crippen molar-refractivity contribution in [2.75, 3.05) is 13.2 Å². The van der Waals surface area contributed by atoms with Crippen molar-refractivity contribution in [3.8, 4) is 0 Å². The molecule has 0 aromatic carbocycles. The molecular weight excluding hydrogens is 150 g/mol. The molecule has 2 nitrogen and oxygen atoms in total. The van der Waals surface area contributed by atoms with E-state index in [4.69, 9.17) is 5.11 Å². The van der Waals surface area contributed by atoms with Crippen LogP contribution in [-0.4, -0.2) is 24.3 Å². The summed E-state index contributed by atoms with van der Waals surface area (Å²) < 4.78 is 0. The van der Waals surface area contributed by atoms with E-state index in [0.29, 0.717) is 0 Å². The highest BCUT2D eigenvalue weighted by molar-refractivity contribution is 4.66. The van der Waals surface area contributed by atoms with Gasteiger partial charge in [0.15, 0.2) is 0 Å². The Kier molecular flexibility index (Phi) is 8.51. The quantitative estimate of drug-likeness (QED) is 0.430. The Morgan fingerprint density at radius 1 is 1.42 bits per heavy atom. The normalized spacial score (nSPS) is 12.8. The third-order valence-electron chi connectivity index (χ3n) is 1.85. The van der Waals surface area contributed by atoms with Gasteiger partial charge >= 0.3 is 0 Å². The fraction of sp³-hybridized carbons (Fsp3) is 0.800. The van der Waals surface area contributed by atoms with Crippen LogP contribution in [0.4, 0.5) is 0 Å². The van der Waals surface area contributed by atoms with Gasteiger partial charge in [0, 0.05) is 6.04 Å². The van der Waals surface area contributed by atoms with Crippen LogP contribution in [0.5, 0.6) is 0 Å². The van der Waals surface area contributed by atoms with E-state index in [1.165, 1.54) is 19.3 Å². The zero-order valence-electron chi connectivity index (χ0n) is 8.05. The van der Waals surface area contributed by atoms with Gasteiger partial charge in [-0.2, -0.15) is 0 Å². The molecule has 0 aliphatic carbocycles. The number of aliphatic hydroxyl groups is 1. The third-order valence-corrected chi connectivity index (χ3v) is 1.85. The van der Waals surface area contributed by atoms with Gasteiger partial charge in [0.2, 0.25) is 0 Å². The van der Waals surface area contributed by atoms with E-state index < -0.39 is 0 Å². The van der Waals surface area contributed by atoms with Crippen molar-refractivity contribution in [3.05, 3.63) is 12.7 Å². The monoisotopic (exact) mass is 171 g/mol. The van der Waals surface area contributed by atoms with Gasteiger partial charge < -0.3 is 10.4 Å². The number of allylic oxidation sites excluding steroid dienone is 1. The van der Waals surface area contributed by atoms with Crippen molar-refractivity contribution in [3.63, 3.8) is 0 Å². The lowest BCUT2D eigenvalue weighted by atomic mass is 10.2. The predicted molar refractivity (Wildman–Crippen MR) is 53.2 cm³/mol. The van der Waals surface area contributed by atoms with Gasteiger partial charge in [-0.15, -0.1) is 6.58 Å². The zero-order chi connectivity index (χ0) is 9.23. The highest BCUT2D eigenvalue weighted by Crippen LogP contribution is 1.98. The summed E-state index contributed by atoms with van der Waals surface area (Å²) in [5.41, 5.74) is 0. The lowest BCUT2D eigenvalue weighted by Crippen LogP contribution is -2.29. The van der Waals surface area contributed by atoms with Gasteiger partial charge in [0.05, 0.1) is 6.61 Å². The fourth-order valence-corrected chi connectivity index (χ4v) is 1.00. The van der Waals surface area contributed by atoms with E-state index in [0.717, 1.165) is 13.0 Å². The summed E-state index contributed by atoms with van der Waals surface area (Å²) >= 11 is 0. The molecule has 0 aliphatic heterocycles. The standard InChI is InChI=1S/C10H21NO/c1-3-4-5-6-7-8-11-10(2)9-12/h3,10-12H,1,4-9H2,2H3. The maximum absolute atomic E-state index is 8.70. The van der Waals surface area contributed by atoms with Crippen molar-refractivity contribution < 1.29 is 5.11 Å². The van der Waals surface area contributed by atoms with Gasteiger partial charge in [-0.1, -0.05) is 12.5 Å². The summed E-state index contributed by atoms with van der Waals surface area (Å²) in [7, 11) is 0. The minimum atomic E-state index is 0.229. The number of hydrogen-bond acceptors (Lipinski definition) is 2. The molecule has 1 unspecified atom stereocenters. The number of hydrogen-bond donors (Lipinski definition) is 2. The molecule has 72 valence electrons. The first-order valence-electron chi connectivity index (χ1n) is 4.76. The summed E-state index contributed by atoms with van der Waals surface area (Å²) in [6.45, 7) is 6.90. The molecule has 0 radical (unpaired) electrons. The predicted octanol–water partition coefficient (Wildman–Crippen LogP) is 1.70. The molecule has 0 saturated heterocycles. The van der Waals surface area contributed by atoms with Crippen molar-refractivity contribution in [1.82, 2.24) is 5.32 Å². The van der Waals surface area contributed by atoms with Crippen LogP contribution in [0.2, 0.25) is 0 Å². The van der Waals surface area contributed by atoms with Crippen LogP contribution in [0.25, 0.3) is 0 Å². The maximum atomic E-state index is 8.70. The highest BCUT2D eigenvalue weighted by atomic mass is 16.3. The lowest BCUT2D eigenvalue weighted by molar-refractivity contribution is 0.251. The van der Waals surface area contributed by atoms with Gasteiger partial charge in [0.25, 0.3) is 0 Å². The molecule has 0 bridgehead atoms. The molecule has 12 heavy (non-hydrogen) atoms. The van der Waals surface area contributed by atoms with Gasteiger partial charge in [-0.3, -0.25) is 0 Å². The highest BCUT2D eigenvalue weighted by Gasteiger charge is 1.96. The minimum Gasteiger partial charge on any atom is -0.395 e. The average molecular weight is 171 g/mol. The van der Waals surface area contributed by atoms with Crippen LogP contribution in [0.3, 0.4) is 0 Å². The molecule has 0 aliphatic rings. The van der Waals surface area contributed by atoms with Crippen LogP contribution >= 0.6 is 0 Å². The Morgan fingerprint density at radius 3 is 2.75 bits per heavy atom. The molecule has 0 spiro atoms. The van der Waals surface area contributed by atoms with E-state index in [9.17, 15) is 0 Å².